The van der Waals surface area contributed by atoms with Gasteiger partial charge in [0.15, 0.2) is 12.4 Å². The molecule has 0 spiro atoms. The third-order valence-electron chi connectivity index (χ3n) is 3.22. The van der Waals surface area contributed by atoms with E-state index in [0.717, 1.165) is 14.5 Å². The Morgan fingerprint density at radius 3 is 2.60 bits per heavy atom. The van der Waals surface area contributed by atoms with Crippen LogP contribution < -0.4 is 4.57 Å². The minimum absolute atomic E-state index is 0.129. The molecule has 0 aliphatic rings. The normalized spacial score (nSPS) is 10.7. The molecule has 0 radical (unpaired) electrons. The van der Waals surface area contributed by atoms with E-state index in [4.69, 9.17) is 0 Å². The highest BCUT2D eigenvalue weighted by Gasteiger charge is 2.12. The zero-order chi connectivity index (χ0) is 13.9. The Labute approximate surface area is 131 Å². The first kappa shape index (κ1) is 13.2. The van der Waals surface area contributed by atoms with E-state index in [2.05, 4.69) is 34.7 Å². The van der Waals surface area contributed by atoms with Crippen molar-refractivity contribution in [2.45, 2.75) is 6.54 Å². The monoisotopic (exact) mass is 374 g/mol. The summed E-state index contributed by atoms with van der Waals surface area (Å²) in [7, 11) is 0. The Kier molecular flexibility index (Phi) is 3.78. The molecular weight excluding hydrogens is 361 g/mol. The predicted molar refractivity (Wildman–Crippen MR) is 87.6 cm³/mol. The van der Waals surface area contributed by atoms with Crippen LogP contribution in [0.5, 0.6) is 0 Å². The van der Waals surface area contributed by atoms with Crippen molar-refractivity contribution in [3.05, 3.63) is 76.1 Å². The molecule has 3 heteroatoms. The number of benzene rings is 2. The van der Waals surface area contributed by atoms with Crippen LogP contribution in [0.15, 0.2) is 67.0 Å². The zero-order valence-corrected chi connectivity index (χ0v) is 12.9. The van der Waals surface area contributed by atoms with Gasteiger partial charge in [-0.2, -0.15) is 4.57 Å². The van der Waals surface area contributed by atoms with Gasteiger partial charge in [-0.3, -0.25) is 4.79 Å². The van der Waals surface area contributed by atoms with Crippen LogP contribution in [0.1, 0.15) is 10.4 Å². The van der Waals surface area contributed by atoms with Crippen molar-refractivity contribution >= 4 is 39.1 Å². The quantitative estimate of drug-likeness (QED) is 0.390. The van der Waals surface area contributed by atoms with Crippen molar-refractivity contribution in [2.75, 3.05) is 0 Å². The van der Waals surface area contributed by atoms with Gasteiger partial charge in [-0.25, -0.2) is 0 Å². The molecule has 0 aliphatic heterocycles. The van der Waals surface area contributed by atoms with E-state index in [1.807, 2.05) is 59.4 Å². The summed E-state index contributed by atoms with van der Waals surface area (Å²) in [5.41, 5.74) is 0.762. The summed E-state index contributed by atoms with van der Waals surface area (Å²) < 4.78 is 3.02. The highest BCUT2D eigenvalue weighted by molar-refractivity contribution is 14.1. The second-order valence-electron chi connectivity index (χ2n) is 4.68. The number of hydrogen-bond donors (Lipinski definition) is 0. The molecule has 3 aromatic rings. The molecule has 1 heterocycles. The standard InChI is InChI=1S/C17H13INO/c18-16-7-3-6-14(10-16)17(20)12-19-9-8-13-4-1-2-5-15(13)11-19/h1-11H,12H2/q+1. The number of halogens is 1. The van der Waals surface area contributed by atoms with Crippen LogP contribution >= 0.6 is 22.6 Å². The van der Waals surface area contributed by atoms with Crippen molar-refractivity contribution in [1.82, 2.24) is 0 Å². The highest BCUT2D eigenvalue weighted by Crippen LogP contribution is 2.11. The summed E-state index contributed by atoms with van der Waals surface area (Å²) in [6, 6.07) is 17.9. The maximum Gasteiger partial charge on any atom is 0.227 e. The van der Waals surface area contributed by atoms with E-state index in [0.29, 0.717) is 6.54 Å². The first-order chi connectivity index (χ1) is 9.72. The van der Waals surface area contributed by atoms with Crippen molar-refractivity contribution < 1.29 is 9.36 Å². The van der Waals surface area contributed by atoms with Crippen molar-refractivity contribution in [1.29, 1.82) is 0 Å². The van der Waals surface area contributed by atoms with Crippen LogP contribution in [0.25, 0.3) is 10.8 Å². The van der Waals surface area contributed by atoms with Crippen molar-refractivity contribution in [3.63, 3.8) is 0 Å². The molecule has 0 saturated heterocycles. The molecule has 98 valence electrons. The molecule has 0 N–H and O–H groups in total. The lowest BCUT2D eigenvalue weighted by atomic mass is 10.1. The zero-order valence-electron chi connectivity index (χ0n) is 10.8. The fraction of sp³-hybridized carbons (Fsp3) is 0.0588. The summed E-state index contributed by atoms with van der Waals surface area (Å²) in [5.74, 6) is 0.129. The van der Waals surface area contributed by atoms with Crippen LogP contribution in [0, 0.1) is 3.57 Å². The molecule has 0 fully saturated rings. The third-order valence-corrected chi connectivity index (χ3v) is 3.89. The second-order valence-corrected chi connectivity index (χ2v) is 5.93. The van der Waals surface area contributed by atoms with Crippen LogP contribution in [0.3, 0.4) is 0 Å². The molecule has 0 atom stereocenters. The molecule has 0 aliphatic carbocycles. The maximum atomic E-state index is 12.3. The molecule has 0 bridgehead atoms. The molecule has 0 amide bonds. The number of ketones is 1. The Balaban J connectivity index is 1.87. The van der Waals surface area contributed by atoms with Crippen LogP contribution in [0.2, 0.25) is 0 Å². The summed E-state index contributed by atoms with van der Waals surface area (Å²) in [5, 5.41) is 2.33. The second kappa shape index (κ2) is 5.71. The van der Waals surface area contributed by atoms with Gasteiger partial charge in [0.2, 0.25) is 12.3 Å². The molecule has 3 rings (SSSR count). The molecule has 0 saturated carbocycles. The van der Waals surface area contributed by atoms with Gasteiger partial charge in [-0.1, -0.05) is 30.3 Å². The molecule has 2 aromatic carbocycles. The summed E-state index contributed by atoms with van der Waals surface area (Å²) in [6.45, 7) is 0.366. The van der Waals surface area contributed by atoms with Crippen LogP contribution in [-0.4, -0.2) is 5.78 Å². The van der Waals surface area contributed by atoms with E-state index >= 15 is 0 Å². The van der Waals surface area contributed by atoms with E-state index in [1.165, 1.54) is 5.39 Å². The Morgan fingerprint density at radius 2 is 1.80 bits per heavy atom. The van der Waals surface area contributed by atoms with Gasteiger partial charge in [0, 0.05) is 20.6 Å². The van der Waals surface area contributed by atoms with E-state index in [-0.39, 0.29) is 5.78 Å². The number of carbonyl (C=O) groups is 1. The Bertz CT molecular complexity index is 783. The fourth-order valence-electron chi connectivity index (χ4n) is 2.20. The van der Waals surface area contributed by atoms with Gasteiger partial charge in [-0.15, -0.1) is 0 Å². The molecular formula is C17H13INO+. The van der Waals surface area contributed by atoms with Gasteiger partial charge < -0.3 is 0 Å². The molecule has 0 unspecified atom stereocenters. The molecule has 2 nitrogen and oxygen atoms in total. The topological polar surface area (TPSA) is 20.9 Å². The molecule has 20 heavy (non-hydrogen) atoms. The van der Waals surface area contributed by atoms with Crippen LogP contribution in [0.4, 0.5) is 0 Å². The maximum absolute atomic E-state index is 12.3. The van der Waals surface area contributed by atoms with Gasteiger partial charge in [0.25, 0.3) is 0 Å². The third kappa shape index (κ3) is 2.88. The van der Waals surface area contributed by atoms with Gasteiger partial charge >= 0.3 is 0 Å². The van der Waals surface area contributed by atoms with Gasteiger partial charge in [0.05, 0.1) is 0 Å². The first-order valence-electron chi connectivity index (χ1n) is 6.39. The lowest BCUT2D eigenvalue weighted by Gasteiger charge is -2.00. The number of hydrogen-bond acceptors (Lipinski definition) is 1. The number of Topliss-reactive ketones (excluding diaryl/α,β-unsaturated/α-hetero) is 1. The van der Waals surface area contributed by atoms with Crippen molar-refractivity contribution in [2.24, 2.45) is 0 Å². The van der Waals surface area contributed by atoms with Gasteiger partial charge in [0.1, 0.15) is 0 Å². The van der Waals surface area contributed by atoms with E-state index in [9.17, 15) is 4.79 Å². The largest absolute Gasteiger partial charge is 0.287 e. The van der Waals surface area contributed by atoms with Crippen molar-refractivity contribution in [3.8, 4) is 0 Å². The summed E-state index contributed by atoms with van der Waals surface area (Å²) in [6.07, 6.45) is 3.97. The van der Waals surface area contributed by atoms with Gasteiger partial charge in [-0.05, 0) is 46.2 Å². The lowest BCUT2D eigenvalue weighted by Crippen LogP contribution is -2.37. The number of pyridine rings is 1. The van der Waals surface area contributed by atoms with E-state index < -0.39 is 0 Å². The number of fused-ring (bicyclic) bond motifs is 1. The number of aromatic nitrogens is 1. The Morgan fingerprint density at radius 1 is 1.00 bits per heavy atom. The number of nitrogens with zero attached hydrogens (tertiary/aromatic N) is 1. The minimum atomic E-state index is 0.129. The number of carbonyl (C=O) groups excluding carboxylic acids is 1. The molecule has 1 aromatic heterocycles. The average molecular weight is 374 g/mol. The Hall–Kier alpha value is -1.75. The van der Waals surface area contributed by atoms with E-state index in [1.54, 1.807) is 0 Å². The predicted octanol–water partition coefficient (Wildman–Crippen LogP) is 3.61. The lowest BCUT2D eigenvalue weighted by molar-refractivity contribution is -0.681. The summed E-state index contributed by atoms with van der Waals surface area (Å²) in [4.78, 5) is 12.3. The SMILES string of the molecule is O=C(C[n+]1ccc2ccccc2c1)c1cccc(I)c1. The average Bonchev–Trinajstić information content (AvgIpc) is 2.47. The first-order valence-corrected chi connectivity index (χ1v) is 7.47. The smallest absolute Gasteiger partial charge is 0.227 e. The minimum Gasteiger partial charge on any atom is -0.287 e. The number of rotatable bonds is 3. The highest BCUT2D eigenvalue weighted by atomic mass is 127. The summed E-state index contributed by atoms with van der Waals surface area (Å²) >= 11 is 2.22. The van der Waals surface area contributed by atoms with Crippen LogP contribution in [-0.2, 0) is 6.54 Å². The fourth-order valence-corrected chi connectivity index (χ4v) is 2.74.